The van der Waals surface area contributed by atoms with Gasteiger partial charge in [-0.25, -0.2) is 9.97 Å². The number of anilines is 1. The largest absolute Gasteiger partial charge is 0.381 e. The third-order valence-corrected chi connectivity index (χ3v) is 4.57. The summed E-state index contributed by atoms with van der Waals surface area (Å²) in [6.45, 7) is 9.14. The molecule has 0 amide bonds. The number of ether oxygens (including phenoxy) is 1. The maximum atomic E-state index is 5.42. The Bertz CT molecular complexity index is 406. The van der Waals surface area contributed by atoms with E-state index in [2.05, 4.69) is 36.1 Å². The number of nitrogens with one attached hydrogen (secondary N) is 1. The molecule has 1 fully saturated rings. The minimum atomic E-state index is 0.428. The van der Waals surface area contributed by atoms with Crippen molar-refractivity contribution in [2.45, 2.75) is 49.8 Å². The molecule has 1 aliphatic rings. The third kappa shape index (κ3) is 3.83. The minimum absolute atomic E-state index is 0.428. The van der Waals surface area contributed by atoms with E-state index in [1.54, 1.807) is 6.33 Å². The van der Waals surface area contributed by atoms with Gasteiger partial charge < -0.3 is 10.1 Å². The van der Waals surface area contributed by atoms with E-state index in [0.717, 1.165) is 43.4 Å². The minimum Gasteiger partial charge on any atom is -0.381 e. The number of thioether (sulfide) groups is 1. The molecule has 0 bridgehead atoms. The molecule has 0 saturated carbocycles. The van der Waals surface area contributed by atoms with Crippen LogP contribution < -0.4 is 5.32 Å². The summed E-state index contributed by atoms with van der Waals surface area (Å²) in [5.74, 6) is 1.42. The Morgan fingerprint density at radius 3 is 2.74 bits per heavy atom. The lowest BCUT2D eigenvalue weighted by atomic mass is 10.1. The van der Waals surface area contributed by atoms with Gasteiger partial charge in [0, 0.05) is 30.6 Å². The first-order chi connectivity index (χ1) is 9.22. The maximum absolute atomic E-state index is 5.42. The van der Waals surface area contributed by atoms with Crippen LogP contribution in [0.3, 0.4) is 0 Å². The molecule has 0 aromatic carbocycles. The van der Waals surface area contributed by atoms with E-state index < -0.39 is 0 Å². The molecule has 0 spiro atoms. The zero-order valence-electron chi connectivity index (χ0n) is 12.0. The molecule has 1 aromatic heterocycles. The van der Waals surface area contributed by atoms with E-state index in [-0.39, 0.29) is 0 Å². The summed E-state index contributed by atoms with van der Waals surface area (Å²) in [7, 11) is 0. The van der Waals surface area contributed by atoms with Crippen molar-refractivity contribution in [2.75, 3.05) is 25.1 Å². The molecule has 0 radical (unpaired) electrons. The van der Waals surface area contributed by atoms with Gasteiger partial charge in [-0.1, -0.05) is 13.8 Å². The Morgan fingerprint density at radius 2 is 2.11 bits per heavy atom. The quantitative estimate of drug-likeness (QED) is 0.839. The van der Waals surface area contributed by atoms with E-state index in [1.165, 1.54) is 5.56 Å². The summed E-state index contributed by atoms with van der Waals surface area (Å²) in [6, 6.07) is 0. The SMILES string of the molecule is CCNc1ncnc(SC2CCOCC2)c1C(C)C. The Labute approximate surface area is 119 Å². The Morgan fingerprint density at radius 1 is 1.37 bits per heavy atom. The molecule has 2 heterocycles. The molecule has 0 aliphatic carbocycles. The molecule has 1 N–H and O–H groups in total. The summed E-state index contributed by atoms with van der Waals surface area (Å²) < 4.78 is 5.42. The van der Waals surface area contributed by atoms with Crippen LogP contribution in [0.25, 0.3) is 0 Å². The molecule has 106 valence electrons. The van der Waals surface area contributed by atoms with Crippen molar-refractivity contribution in [2.24, 2.45) is 0 Å². The summed E-state index contributed by atoms with van der Waals surface area (Å²) in [5.41, 5.74) is 1.25. The molecule has 19 heavy (non-hydrogen) atoms. The highest BCUT2D eigenvalue weighted by molar-refractivity contribution is 7.99. The van der Waals surface area contributed by atoms with Gasteiger partial charge in [0.15, 0.2) is 0 Å². The van der Waals surface area contributed by atoms with Crippen molar-refractivity contribution in [3.63, 3.8) is 0 Å². The van der Waals surface area contributed by atoms with Crippen LogP contribution in [0.1, 0.15) is 45.1 Å². The van der Waals surface area contributed by atoms with Gasteiger partial charge in [-0.2, -0.15) is 0 Å². The van der Waals surface area contributed by atoms with E-state index in [1.807, 2.05) is 11.8 Å². The second kappa shape index (κ2) is 7.10. The van der Waals surface area contributed by atoms with Crippen LogP contribution in [-0.4, -0.2) is 35.0 Å². The van der Waals surface area contributed by atoms with Crippen LogP contribution in [0.2, 0.25) is 0 Å². The number of aromatic nitrogens is 2. The van der Waals surface area contributed by atoms with Gasteiger partial charge in [-0.3, -0.25) is 0 Å². The standard InChI is InChI=1S/C14H23N3OS/c1-4-15-13-12(10(2)3)14(17-9-16-13)19-11-5-7-18-8-6-11/h9-11H,4-8H2,1-3H3,(H,15,16,17). The number of hydrogen-bond donors (Lipinski definition) is 1. The van der Waals surface area contributed by atoms with Gasteiger partial charge in [0.05, 0.1) is 0 Å². The van der Waals surface area contributed by atoms with Crippen LogP contribution in [0.4, 0.5) is 5.82 Å². The zero-order chi connectivity index (χ0) is 13.7. The number of hydrogen-bond acceptors (Lipinski definition) is 5. The van der Waals surface area contributed by atoms with Crippen LogP contribution in [0, 0.1) is 0 Å². The predicted octanol–water partition coefficient (Wildman–Crippen LogP) is 3.30. The van der Waals surface area contributed by atoms with Crippen LogP contribution in [0.15, 0.2) is 11.4 Å². The van der Waals surface area contributed by atoms with Crippen LogP contribution in [0.5, 0.6) is 0 Å². The number of rotatable bonds is 5. The van der Waals surface area contributed by atoms with Crippen molar-refractivity contribution in [3.8, 4) is 0 Å². The van der Waals surface area contributed by atoms with Crippen molar-refractivity contribution >= 4 is 17.6 Å². The van der Waals surface area contributed by atoms with E-state index >= 15 is 0 Å². The molecule has 1 aliphatic heterocycles. The van der Waals surface area contributed by atoms with E-state index in [4.69, 9.17) is 4.74 Å². The maximum Gasteiger partial charge on any atom is 0.133 e. The molecule has 2 rings (SSSR count). The van der Waals surface area contributed by atoms with Crippen LogP contribution in [-0.2, 0) is 4.74 Å². The molecular weight excluding hydrogens is 258 g/mol. The summed E-state index contributed by atoms with van der Waals surface area (Å²) >= 11 is 1.89. The van der Waals surface area contributed by atoms with Gasteiger partial charge in [0.25, 0.3) is 0 Å². The average Bonchev–Trinajstić information content (AvgIpc) is 2.40. The molecule has 5 heteroatoms. The first-order valence-corrected chi connectivity index (χ1v) is 7.93. The fourth-order valence-electron chi connectivity index (χ4n) is 2.25. The van der Waals surface area contributed by atoms with Gasteiger partial charge in [-0.05, 0) is 25.7 Å². The van der Waals surface area contributed by atoms with Crippen molar-refractivity contribution in [3.05, 3.63) is 11.9 Å². The molecule has 0 unspecified atom stereocenters. The fourth-order valence-corrected chi connectivity index (χ4v) is 3.56. The first-order valence-electron chi connectivity index (χ1n) is 7.05. The highest BCUT2D eigenvalue weighted by Crippen LogP contribution is 2.36. The zero-order valence-corrected chi connectivity index (χ0v) is 12.8. The van der Waals surface area contributed by atoms with E-state index in [0.29, 0.717) is 11.2 Å². The molecular formula is C14H23N3OS. The monoisotopic (exact) mass is 281 g/mol. The second-order valence-electron chi connectivity index (χ2n) is 5.06. The predicted molar refractivity (Wildman–Crippen MR) is 80.0 cm³/mol. The van der Waals surface area contributed by atoms with Crippen molar-refractivity contribution in [1.82, 2.24) is 9.97 Å². The molecule has 0 atom stereocenters. The van der Waals surface area contributed by atoms with E-state index in [9.17, 15) is 0 Å². The van der Waals surface area contributed by atoms with Gasteiger partial charge in [0.1, 0.15) is 17.2 Å². The lowest BCUT2D eigenvalue weighted by Gasteiger charge is -2.23. The Hall–Kier alpha value is -0.810. The smallest absolute Gasteiger partial charge is 0.133 e. The van der Waals surface area contributed by atoms with Crippen molar-refractivity contribution in [1.29, 1.82) is 0 Å². The first kappa shape index (κ1) is 14.6. The molecule has 4 nitrogen and oxygen atoms in total. The third-order valence-electron chi connectivity index (χ3n) is 3.22. The summed E-state index contributed by atoms with van der Waals surface area (Å²) in [6.07, 6.45) is 3.90. The summed E-state index contributed by atoms with van der Waals surface area (Å²) in [5, 5.41) is 5.10. The lowest BCUT2D eigenvalue weighted by Crippen LogP contribution is -2.18. The van der Waals surface area contributed by atoms with Gasteiger partial charge in [0.2, 0.25) is 0 Å². The molecule has 1 aromatic rings. The summed E-state index contributed by atoms with van der Waals surface area (Å²) in [4.78, 5) is 8.89. The molecule has 1 saturated heterocycles. The van der Waals surface area contributed by atoms with Crippen molar-refractivity contribution < 1.29 is 4.74 Å². The normalized spacial score (nSPS) is 16.8. The average molecular weight is 281 g/mol. The van der Waals surface area contributed by atoms with Crippen LogP contribution >= 0.6 is 11.8 Å². The van der Waals surface area contributed by atoms with Gasteiger partial charge in [-0.15, -0.1) is 11.8 Å². The number of nitrogens with zero attached hydrogens (tertiary/aromatic N) is 2. The highest BCUT2D eigenvalue weighted by Gasteiger charge is 2.20. The topological polar surface area (TPSA) is 47.0 Å². The lowest BCUT2D eigenvalue weighted by molar-refractivity contribution is 0.1000. The Balaban J connectivity index is 2.20. The van der Waals surface area contributed by atoms with Gasteiger partial charge >= 0.3 is 0 Å². The Kier molecular flexibility index (Phi) is 5.45. The highest BCUT2D eigenvalue weighted by atomic mass is 32.2. The second-order valence-corrected chi connectivity index (χ2v) is 6.34. The fraction of sp³-hybridized carbons (Fsp3) is 0.714.